The van der Waals surface area contributed by atoms with Crippen LogP contribution in [0.1, 0.15) is 24.0 Å². The van der Waals surface area contributed by atoms with Crippen LogP contribution < -0.4 is 0 Å². The molecule has 0 bridgehead atoms. The summed E-state index contributed by atoms with van der Waals surface area (Å²) in [5.74, 6) is 6.44. The Morgan fingerprint density at radius 2 is 1.74 bits per heavy atom. The Hall–Kier alpha value is -1.41. The van der Waals surface area contributed by atoms with Crippen molar-refractivity contribution in [3.8, 4) is 11.8 Å². The average molecular weight is 391 g/mol. The van der Waals surface area contributed by atoms with Gasteiger partial charge in [0, 0.05) is 15.8 Å². The largest absolute Gasteiger partial charge is 0.277 e. The normalized spacial score (nSPS) is 11.5. The maximum absolute atomic E-state index is 11.7. The maximum Gasteiger partial charge on any atom is 0.156 e. The van der Waals surface area contributed by atoms with Gasteiger partial charge in [0.25, 0.3) is 0 Å². The van der Waals surface area contributed by atoms with Gasteiger partial charge in [-0.25, -0.2) is 4.21 Å². The SMILES string of the molecule is O=[S@](CCCCc1ccccc1)OCC#Cc1ccc(Br)cc1. The summed E-state index contributed by atoms with van der Waals surface area (Å²) < 4.78 is 18.0. The van der Waals surface area contributed by atoms with E-state index in [1.54, 1.807) is 0 Å². The van der Waals surface area contributed by atoms with Crippen LogP contribution in [0.5, 0.6) is 0 Å². The summed E-state index contributed by atoms with van der Waals surface area (Å²) in [5.41, 5.74) is 2.24. The number of benzene rings is 2. The smallest absolute Gasteiger partial charge is 0.156 e. The van der Waals surface area contributed by atoms with E-state index in [9.17, 15) is 4.21 Å². The molecule has 0 fully saturated rings. The third-order valence-electron chi connectivity index (χ3n) is 3.21. The van der Waals surface area contributed by atoms with Crippen LogP contribution in [0.25, 0.3) is 0 Å². The van der Waals surface area contributed by atoms with E-state index in [1.165, 1.54) is 5.56 Å². The molecule has 120 valence electrons. The van der Waals surface area contributed by atoms with Crippen molar-refractivity contribution < 1.29 is 8.39 Å². The third kappa shape index (κ3) is 7.60. The second-order valence-corrected chi connectivity index (χ2v) is 7.19. The van der Waals surface area contributed by atoms with Crippen molar-refractivity contribution in [3.05, 3.63) is 70.2 Å². The van der Waals surface area contributed by atoms with E-state index in [1.807, 2.05) is 42.5 Å². The van der Waals surface area contributed by atoms with Crippen molar-refractivity contribution in [3.63, 3.8) is 0 Å². The van der Waals surface area contributed by atoms with Gasteiger partial charge in [-0.15, -0.1) is 0 Å². The topological polar surface area (TPSA) is 26.3 Å². The van der Waals surface area contributed by atoms with Gasteiger partial charge in [-0.2, -0.15) is 0 Å². The molecule has 23 heavy (non-hydrogen) atoms. The Morgan fingerprint density at radius 3 is 2.48 bits per heavy atom. The van der Waals surface area contributed by atoms with E-state index in [0.29, 0.717) is 5.75 Å². The van der Waals surface area contributed by atoms with Crippen molar-refractivity contribution in [1.29, 1.82) is 0 Å². The molecule has 2 nitrogen and oxygen atoms in total. The zero-order valence-electron chi connectivity index (χ0n) is 12.8. The molecule has 0 aliphatic heterocycles. The molecular weight excluding hydrogens is 372 g/mol. The quantitative estimate of drug-likeness (QED) is 0.513. The van der Waals surface area contributed by atoms with Gasteiger partial charge in [-0.05, 0) is 49.1 Å². The standard InChI is InChI=1S/C19H19BrO2S/c20-19-13-11-18(12-14-19)10-6-15-22-23(21)16-5-4-9-17-7-2-1-3-8-17/h1-3,7-8,11-14H,4-5,9,15-16H2/t23-/m0/s1. The number of aryl methyl sites for hydroxylation is 1. The van der Waals surface area contributed by atoms with Crippen LogP contribution in [0.4, 0.5) is 0 Å². The summed E-state index contributed by atoms with van der Waals surface area (Å²) in [7, 11) is 0. The molecule has 0 saturated heterocycles. The molecule has 2 aromatic carbocycles. The molecule has 0 heterocycles. The summed E-state index contributed by atoms with van der Waals surface area (Å²) in [6, 6.07) is 18.1. The van der Waals surface area contributed by atoms with Gasteiger partial charge in [0.15, 0.2) is 11.1 Å². The fourth-order valence-electron chi connectivity index (χ4n) is 2.02. The van der Waals surface area contributed by atoms with Crippen LogP contribution in [-0.4, -0.2) is 16.6 Å². The molecule has 2 aromatic rings. The highest BCUT2D eigenvalue weighted by atomic mass is 79.9. The van der Waals surface area contributed by atoms with Gasteiger partial charge in [0.1, 0.15) is 6.61 Å². The van der Waals surface area contributed by atoms with Crippen molar-refractivity contribution in [2.24, 2.45) is 0 Å². The highest BCUT2D eigenvalue weighted by Gasteiger charge is 1.99. The summed E-state index contributed by atoms with van der Waals surface area (Å²) in [6.07, 6.45) is 2.92. The Bertz CT molecular complexity index is 672. The number of rotatable bonds is 7. The first-order chi connectivity index (χ1) is 11.2. The summed E-state index contributed by atoms with van der Waals surface area (Å²) in [5, 5.41) is 0. The minimum Gasteiger partial charge on any atom is -0.277 e. The fraction of sp³-hybridized carbons (Fsp3) is 0.263. The zero-order chi connectivity index (χ0) is 16.3. The molecule has 0 aromatic heterocycles. The van der Waals surface area contributed by atoms with Crippen LogP contribution in [0.15, 0.2) is 59.1 Å². The molecule has 0 unspecified atom stereocenters. The minimum atomic E-state index is -1.25. The Labute approximate surface area is 149 Å². The lowest BCUT2D eigenvalue weighted by Gasteiger charge is -2.01. The molecule has 4 heteroatoms. The summed E-state index contributed by atoms with van der Waals surface area (Å²) in [4.78, 5) is 0. The first-order valence-electron chi connectivity index (χ1n) is 7.54. The van der Waals surface area contributed by atoms with Crippen molar-refractivity contribution in [1.82, 2.24) is 0 Å². The lowest BCUT2D eigenvalue weighted by Crippen LogP contribution is -2.03. The fourth-order valence-corrected chi connectivity index (χ4v) is 3.03. The number of hydrogen-bond acceptors (Lipinski definition) is 2. The van der Waals surface area contributed by atoms with E-state index in [0.717, 1.165) is 29.3 Å². The third-order valence-corrected chi connectivity index (χ3v) is 4.74. The molecule has 0 N–H and O–H groups in total. The summed E-state index contributed by atoms with van der Waals surface area (Å²) >= 11 is 2.13. The van der Waals surface area contributed by atoms with E-state index in [4.69, 9.17) is 4.18 Å². The van der Waals surface area contributed by atoms with Crippen LogP contribution >= 0.6 is 15.9 Å². The highest BCUT2D eigenvalue weighted by molar-refractivity contribution is 9.10. The van der Waals surface area contributed by atoms with Crippen LogP contribution in [0, 0.1) is 11.8 Å². The lowest BCUT2D eigenvalue weighted by atomic mass is 10.1. The average Bonchev–Trinajstić information content (AvgIpc) is 2.58. The summed E-state index contributed by atoms with van der Waals surface area (Å²) in [6.45, 7) is 0.196. The van der Waals surface area contributed by atoms with E-state index < -0.39 is 11.1 Å². The predicted octanol–water partition coefficient (Wildman–Crippen LogP) is 4.50. The number of unbranched alkanes of at least 4 members (excludes halogenated alkanes) is 1. The Morgan fingerprint density at radius 1 is 1.00 bits per heavy atom. The van der Waals surface area contributed by atoms with Gasteiger partial charge >= 0.3 is 0 Å². The number of halogens is 1. The van der Waals surface area contributed by atoms with E-state index in [2.05, 4.69) is 39.9 Å². The van der Waals surface area contributed by atoms with Gasteiger partial charge in [0.05, 0.1) is 0 Å². The number of hydrogen-bond donors (Lipinski definition) is 0. The molecule has 0 radical (unpaired) electrons. The molecule has 0 saturated carbocycles. The molecule has 0 aliphatic rings. The molecule has 1 atom stereocenters. The molecule has 0 amide bonds. The van der Waals surface area contributed by atoms with Gasteiger partial charge in [-0.1, -0.05) is 58.1 Å². The van der Waals surface area contributed by atoms with Crippen LogP contribution in [-0.2, 0) is 21.7 Å². The van der Waals surface area contributed by atoms with Gasteiger partial charge in [0.2, 0.25) is 0 Å². The van der Waals surface area contributed by atoms with E-state index >= 15 is 0 Å². The second kappa shape index (κ2) is 10.4. The zero-order valence-corrected chi connectivity index (χ0v) is 15.2. The molecule has 2 rings (SSSR count). The van der Waals surface area contributed by atoms with Gasteiger partial charge < -0.3 is 0 Å². The predicted molar refractivity (Wildman–Crippen MR) is 99.4 cm³/mol. The van der Waals surface area contributed by atoms with Crippen molar-refractivity contribution in [2.75, 3.05) is 12.4 Å². The highest BCUT2D eigenvalue weighted by Crippen LogP contribution is 2.09. The molecule has 0 spiro atoms. The first-order valence-corrected chi connectivity index (χ1v) is 9.58. The minimum absolute atomic E-state index is 0.196. The van der Waals surface area contributed by atoms with E-state index in [-0.39, 0.29) is 6.61 Å². The van der Waals surface area contributed by atoms with Crippen molar-refractivity contribution in [2.45, 2.75) is 19.3 Å². The maximum atomic E-state index is 11.7. The Kier molecular flexibility index (Phi) is 8.10. The van der Waals surface area contributed by atoms with Crippen LogP contribution in [0.2, 0.25) is 0 Å². The van der Waals surface area contributed by atoms with Crippen molar-refractivity contribution >= 4 is 27.0 Å². The molecule has 0 aliphatic carbocycles. The van der Waals surface area contributed by atoms with Gasteiger partial charge in [-0.3, -0.25) is 4.18 Å². The second-order valence-electron chi connectivity index (χ2n) is 5.02. The Balaban J connectivity index is 1.59. The monoisotopic (exact) mass is 390 g/mol. The first kappa shape index (κ1) is 17.9. The lowest BCUT2D eigenvalue weighted by molar-refractivity contribution is 0.401. The molecular formula is C19H19BrO2S. The van der Waals surface area contributed by atoms with Crippen LogP contribution in [0.3, 0.4) is 0 Å².